The van der Waals surface area contributed by atoms with Gasteiger partial charge in [-0.2, -0.15) is 13.2 Å². The van der Waals surface area contributed by atoms with E-state index in [1.54, 1.807) is 24.3 Å². The number of alkyl halides is 3. The van der Waals surface area contributed by atoms with Crippen molar-refractivity contribution in [2.24, 2.45) is 5.84 Å². The molecule has 1 heterocycles. The van der Waals surface area contributed by atoms with Gasteiger partial charge in [0, 0.05) is 16.2 Å². The van der Waals surface area contributed by atoms with Crippen LogP contribution in [-0.4, -0.2) is 9.97 Å². The summed E-state index contributed by atoms with van der Waals surface area (Å²) >= 11 is 3.26. The third-order valence-corrected chi connectivity index (χ3v) is 2.72. The Kier molecular flexibility index (Phi) is 4.09. The average Bonchev–Trinajstić information content (AvgIpc) is 2.37. The first-order valence-electron chi connectivity index (χ1n) is 5.34. The van der Waals surface area contributed by atoms with Crippen LogP contribution < -0.4 is 16.6 Å². The Morgan fingerprint density at radius 1 is 1.10 bits per heavy atom. The van der Waals surface area contributed by atoms with Crippen molar-refractivity contribution >= 4 is 33.3 Å². The highest BCUT2D eigenvalue weighted by Gasteiger charge is 2.35. The quantitative estimate of drug-likeness (QED) is 0.586. The number of nitrogens with zero attached hydrogens (tertiary/aromatic N) is 2. The molecule has 0 atom stereocenters. The number of hydrogen-bond acceptors (Lipinski definition) is 5. The first kappa shape index (κ1) is 14.5. The van der Waals surface area contributed by atoms with Crippen molar-refractivity contribution in [2.75, 3.05) is 10.7 Å². The molecule has 1 aromatic heterocycles. The Labute approximate surface area is 120 Å². The van der Waals surface area contributed by atoms with Crippen LogP contribution in [0, 0.1) is 0 Å². The van der Waals surface area contributed by atoms with E-state index in [2.05, 4.69) is 36.6 Å². The van der Waals surface area contributed by atoms with Gasteiger partial charge in [0.2, 0.25) is 5.82 Å². The summed E-state index contributed by atoms with van der Waals surface area (Å²) in [4.78, 5) is 6.68. The number of aromatic nitrogens is 2. The number of halogens is 4. The molecule has 0 aliphatic carbocycles. The Hall–Kier alpha value is -1.87. The minimum absolute atomic E-state index is 0.0154. The summed E-state index contributed by atoms with van der Waals surface area (Å²) in [6, 6.07) is 8.19. The number of hydrazine groups is 1. The van der Waals surface area contributed by atoms with Crippen LogP contribution in [-0.2, 0) is 6.18 Å². The largest absolute Gasteiger partial charge is 0.451 e. The van der Waals surface area contributed by atoms with Crippen molar-refractivity contribution in [3.05, 3.63) is 40.6 Å². The molecule has 2 rings (SSSR count). The normalized spacial score (nSPS) is 11.2. The number of benzene rings is 1. The molecule has 0 saturated heterocycles. The summed E-state index contributed by atoms with van der Waals surface area (Å²) in [7, 11) is 0. The highest BCUT2D eigenvalue weighted by atomic mass is 79.9. The van der Waals surface area contributed by atoms with Crippen LogP contribution in [0.25, 0.3) is 0 Å². The Morgan fingerprint density at radius 2 is 1.80 bits per heavy atom. The molecule has 0 spiro atoms. The van der Waals surface area contributed by atoms with Crippen LogP contribution >= 0.6 is 15.9 Å². The predicted octanol–water partition coefficient (Wildman–Crippen LogP) is 3.29. The van der Waals surface area contributed by atoms with Crippen molar-refractivity contribution in [3.8, 4) is 0 Å². The highest BCUT2D eigenvalue weighted by molar-refractivity contribution is 9.10. The van der Waals surface area contributed by atoms with Gasteiger partial charge in [-0.05, 0) is 18.2 Å². The first-order valence-corrected chi connectivity index (χ1v) is 6.13. The second-order valence-corrected chi connectivity index (χ2v) is 4.66. The van der Waals surface area contributed by atoms with Gasteiger partial charge in [-0.25, -0.2) is 15.8 Å². The molecule has 9 heteroatoms. The number of nitrogens with two attached hydrogens (primary N) is 1. The number of nitrogen functional groups attached to an aromatic ring is 1. The molecule has 20 heavy (non-hydrogen) atoms. The van der Waals surface area contributed by atoms with Crippen molar-refractivity contribution in [2.45, 2.75) is 6.18 Å². The third kappa shape index (κ3) is 3.58. The Morgan fingerprint density at radius 3 is 2.40 bits per heavy atom. The monoisotopic (exact) mass is 347 g/mol. The van der Waals surface area contributed by atoms with Gasteiger partial charge >= 0.3 is 6.18 Å². The molecule has 0 aliphatic rings. The molecular weight excluding hydrogens is 339 g/mol. The van der Waals surface area contributed by atoms with E-state index in [-0.39, 0.29) is 11.6 Å². The van der Waals surface area contributed by atoms with E-state index in [0.29, 0.717) is 5.69 Å². The lowest BCUT2D eigenvalue weighted by Crippen LogP contribution is -2.16. The molecule has 0 radical (unpaired) electrons. The van der Waals surface area contributed by atoms with E-state index < -0.39 is 12.0 Å². The summed E-state index contributed by atoms with van der Waals surface area (Å²) < 4.78 is 38.8. The lowest BCUT2D eigenvalue weighted by atomic mass is 10.3. The van der Waals surface area contributed by atoms with Crippen LogP contribution in [0.15, 0.2) is 34.8 Å². The molecule has 1 aromatic carbocycles. The molecule has 0 aliphatic heterocycles. The van der Waals surface area contributed by atoms with Crippen LogP contribution in [0.2, 0.25) is 0 Å². The lowest BCUT2D eigenvalue weighted by molar-refractivity contribution is -0.144. The van der Waals surface area contributed by atoms with E-state index in [1.807, 2.05) is 0 Å². The zero-order valence-corrected chi connectivity index (χ0v) is 11.5. The summed E-state index contributed by atoms with van der Waals surface area (Å²) in [6.45, 7) is 0. The number of hydrogen-bond donors (Lipinski definition) is 3. The van der Waals surface area contributed by atoms with Crippen molar-refractivity contribution in [3.63, 3.8) is 0 Å². The molecule has 4 N–H and O–H groups in total. The fourth-order valence-corrected chi connectivity index (χ4v) is 1.83. The second-order valence-electron chi connectivity index (χ2n) is 3.74. The van der Waals surface area contributed by atoms with Gasteiger partial charge in [0.15, 0.2) is 0 Å². The SMILES string of the molecule is NNc1cc(Nc2cccc(Br)c2)nc(C(F)(F)F)n1. The summed E-state index contributed by atoms with van der Waals surface area (Å²) in [5.74, 6) is 3.68. The van der Waals surface area contributed by atoms with Gasteiger partial charge in [-0.1, -0.05) is 22.0 Å². The number of rotatable bonds is 3. The van der Waals surface area contributed by atoms with Crippen LogP contribution in [0.1, 0.15) is 5.82 Å². The molecule has 0 amide bonds. The molecule has 2 aromatic rings. The van der Waals surface area contributed by atoms with E-state index in [9.17, 15) is 13.2 Å². The van der Waals surface area contributed by atoms with Gasteiger partial charge < -0.3 is 10.7 Å². The van der Waals surface area contributed by atoms with Gasteiger partial charge in [-0.15, -0.1) is 0 Å². The fourth-order valence-electron chi connectivity index (χ4n) is 1.43. The van der Waals surface area contributed by atoms with Gasteiger partial charge in [0.25, 0.3) is 0 Å². The molecule has 0 fully saturated rings. The van der Waals surface area contributed by atoms with Crippen molar-refractivity contribution in [1.29, 1.82) is 0 Å². The predicted molar refractivity (Wildman–Crippen MR) is 72.3 cm³/mol. The number of nitrogens with one attached hydrogen (secondary N) is 2. The maximum Gasteiger partial charge on any atom is 0.451 e. The zero-order chi connectivity index (χ0) is 14.8. The molecule has 0 saturated carbocycles. The highest BCUT2D eigenvalue weighted by Crippen LogP contribution is 2.29. The van der Waals surface area contributed by atoms with E-state index in [1.165, 1.54) is 6.07 Å². The van der Waals surface area contributed by atoms with Gasteiger partial charge in [0.1, 0.15) is 11.6 Å². The van der Waals surface area contributed by atoms with E-state index >= 15 is 0 Å². The maximum atomic E-state index is 12.7. The minimum atomic E-state index is -4.65. The Balaban J connectivity index is 2.36. The van der Waals surface area contributed by atoms with E-state index in [4.69, 9.17) is 5.84 Å². The van der Waals surface area contributed by atoms with Crippen LogP contribution in [0.4, 0.5) is 30.5 Å². The van der Waals surface area contributed by atoms with Crippen molar-refractivity contribution < 1.29 is 13.2 Å². The molecule has 106 valence electrons. The van der Waals surface area contributed by atoms with Crippen molar-refractivity contribution in [1.82, 2.24) is 9.97 Å². The van der Waals surface area contributed by atoms with Crippen LogP contribution in [0.3, 0.4) is 0 Å². The topological polar surface area (TPSA) is 75.9 Å². The second kappa shape index (κ2) is 5.63. The fraction of sp³-hybridized carbons (Fsp3) is 0.0909. The molecule has 5 nitrogen and oxygen atoms in total. The minimum Gasteiger partial charge on any atom is -0.340 e. The zero-order valence-electron chi connectivity index (χ0n) is 9.87. The molecular formula is C11H9BrF3N5. The smallest absolute Gasteiger partial charge is 0.340 e. The maximum absolute atomic E-state index is 12.7. The van der Waals surface area contributed by atoms with E-state index in [0.717, 1.165) is 4.47 Å². The third-order valence-electron chi connectivity index (χ3n) is 2.22. The Bertz CT molecular complexity index is 617. The first-order chi connectivity index (χ1) is 9.38. The standard InChI is InChI=1S/C11H9BrF3N5/c12-6-2-1-3-7(4-6)17-8-5-9(20-16)19-10(18-8)11(13,14)15/h1-5H,16H2,(H2,17,18,19,20). The van der Waals surface area contributed by atoms with Gasteiger partial charge in [0.05, 0.1) is 0 Å². The van der Waals surface area contributed by atoms with Crippen LogP contribution in [0.5, 0.6) is 0 Å². The number of anilines is 3. The molecule has 0 bridgehead atoms. The lowest BCUT2D eigenvalue weighted by Gasteiger charge is -2.11. The summed E-state index contributed by atoms with van der Waals surface area (Å²) in [5, 5.41) is 2.76. The summed E-state index contributed by atoms with van der Waals surface area (Å²) in [6.07, 6.45) is -4.65. The average molecular weight is 348 g/mol. The van der Waals surface area contributed by atoms with Gasteiger partial charge in [-0.3, -0.25) is 0 Å². The summed E-state index contributed by atoms with van der Waals surface area (Å²) in [5.41, 5.74) is 2.65. The molecule has 0 unspecified atom stereocenters.